The number of carbonyl (C=O) groups is 1. The van der Waals surface area contributed by atoms with Crippen molar-refractivity contribution in [2.24, 2.45) is 0 Å². The van der Waals surface area contributed by atoms with Crippen LogP contribution in [-0.4, -0.2) is 15.7 Å². The number of amides is 1. The maximum Gasteiger partial charge on any atom is 0.287 e. The molecule has 6 heteroatoms. The van der Waals surface area contributed by atoms with Crippen LogP contribution in [0, 0.1) is 0 Å². The van der Waals surface area contributed by atoms with Crippen molar-refractivity contribution in [3.05, 3.63) is 139 Å². The Morgan fingerprint density at radius 3 is 2.39 bits per heavy atom. The first-order valence-corrected chi connectivity index (χ1v) is 12.4. The lowest BCUT2D eigenvalue weighted by molar-refractivity contribution is 0.0919. The van der Waals surface area contributed by atoms with Gasteiger partial charge in [-0.2, -0.15) is 5.10 Å². The van der Waals surface area contributed by atoms with E-state index in [0.29, 0.717) is 12.3 Å². The van der Waals surface area contributed by atoms with Crippen molar-refractivity contribution in [2.45, 2.75) is 13.2 Å². The van der Waals surface area contributed by atoms with E-state index in [2.05, 4.69) is 5.32 Å². The van der Waals surface area contributed by atoms with Gasteiger partial charge in [-0.05, 0) is 35.7 Å². The molecule has 0 spiro atoms. The minimum atomic E-state index is -0.298. The molecule has 2 aromatic heterocycles. The van der Waals surface area contributed by atoms with E-state index in [1.807, 2.05) is 114 Å². The summed E-state index contributed by atoms with van der Waals surface area (Å²) >= 11 is 0. The van der Waals surface area contributed by atoms with Crippen LogP contribution < -0.4 is 10.1 Å². The number of hydrogen-bond donors (Lipinski definition) is 1. The molecule has 0 atom stereocenters. The van der Waals surface area contributed by atoms with Gasteiger partial charge in [-0.15, -0.1) is 0 Å². The third-order valence-electron chi connectivity index (χ3n) is 6.30. The lowest BCUT2D eigenvalue weighted by Crippen LogP contribution is -2.22. The summed E-state index contributed by atoms with van der Waals surface area (Å²) in [5.74, 6) is 1.28. The molecular formula is C32H25N3O3. The van der Waals surface area contributed by atoms with Crippen LogP contribution >= 0.6 is 0 Å². The molecule has 2 heterocycles. The predicted octanol–water partition coefficient (Wildman–Crippen LogP) is 6.79. The van der Waals surface area contributed by atoms with Crippen LogP contribution in [0.25, 0.3) is 27.7 Å². The minimum absolute atomic E-state index is 0.225. The number of para-hydroxylation sites is 1. The molecule has 0 saturated carbocycles. The van der Waals surface area contributed by atoms with Gasteiger partial charge in [-0.25, -0.2) is 4.68 Å². The minimum Gasteiger partial charge on any atom is -0.485 e. The summed E-state index contributed by atoms with van der Waals surface area (Å²) in [5.41, 5.74) is 3.65. The molecule has 4 aromatic carbocycles. The highest BCUT2D eigenvalue weighted by Gasteiger charge is 2.16. The van der Waals surface area contributed by atoms with Crippen molar-refractivity contribution in [3.8, 4) is 22.7 Å². The van der Waals surface area contributed by atoms with Crippen molar-refractivity contribution in [2.75, 3.05) is 0 Å². The number of fused-ring (bicyclic) bond motifs is 1. The lowest BCUT2D eigenvalue weighted by atomic mass is 10.1. The highest BCUT2D eigenvalue weighted by atomic mass is 16.5. The molecule has 0 unspecified atom stereocenters. The number of aromatic nitrogens is 2. The van der Waals surface area contributed by atoms with E-state index in [1.165, 1.54) is 0 Å². The molecule has 0 saturated heterocycles. The molecule has 6 aromatic rings. The average molecular weight is 500 g/mol. The fourth-order valence-corrected chi connectivity index (χ4v) is 4.40. The largest absolute Gasteiger partial charge is 0.485 e. The zero-order valence-corrected chi connectivity index (χ0v) is 20.6. The van der Waals surface area contributed by atoms with Crippen LogP contribution in [0.3, 0.4) is 0 Å². The topological polar surface area (TPSA) is 69.3 Å². The standard InChI is InChI=1S/C32H25N3O3/c36-32(30-19-18-27(38-30)22-37-29-17-9-13-23-10-7-8-16-28(23)29)33-20-25-21-35(26-14-5-2-6-15-26)34-31(25)24-11-3-1-4-12-24/h1-19,21H,20,22H2,(H,33,36). The Kier molecular flexibility index (Phi) is 6.43. The highest BCUT2D eigenvalue weighted by molar-refractivity contribution is 5.91. The lowest BCUT2D eigenvalue weighted by Gasteiger charge is -2.08. The Morgan fingerprint density at radius 1 is 0.816 bits per heavy atom. The van der Waals surface area contributed by atoms with Crippen molar-refractivity contribution in [3.63, 3.8) is 0 Å². The molecule has 1 N–H and O–H groups in total. The van der Waals surface area contributed by atoms with Crippen LogP contribution in [0.15, 0.2) is 126 Å². The maximum absolute atomic E-state index is 12.9. The summed E-state index contributed by atoms with van der Waals surface area (Å²) in [7, 11) is 0. The van der Waals surface area contributed by atoms with E-state index in [0.717, 1.165) is 39.0 Å². The summed E-state index contributed by atoms with van der Waals surface area (Å²) < 4.78 is 13.6. The van der Waals surface area contributed by atoms with Gasteiger partial charge in [0.25, 0.3) is 5.91 Å². The van der Waals surface area contributed by atoms with Crippen LogP contribution in [0.4, 0.5) is 0 Å². The fourth-order valence-electron chi connectivity index (χ4n) is 4.40. The van der Waals surface area contributed by atoms with E-state index in [4.69, 9.17) is 14.3 Å². The fraction of sp³-hybridized carbons (Fsp3) is 0.0625. The zero-order valence-electron chi connectivity index (χ0n) is 20.6. The van der Waals surface area contributed by atoms with E-state index < -0.39 is 0 Å². The summed E-state index contributed by atoms with van der Waals surface area (Å²) in [5, 5.41) is 9.92. The van der Waals surface area contributed by atoms with Gasteiger partial charge in [0, 0.05) is 29.3 Å². The molecular weight excluding hydrogens is 474 g/mol. The van der Waals surface area contributed by atoms with Crippen LogP contribution in [-0.2, 0) is 13.2 Å². The Morgan fingerprint density at radius 2 is 1.55 bits per heavy atom. The van der Waals surface area contributed by atoms with Gasteiger partial charge < -0.3 is 14.5 Å². The Bertz CT molecular complexity index is 1680. The first-order valence-electron chi connectivity index (χ1n) is 12.4. The SMILES string of the molecule is O=C(NCc1cn(-c2ccccc2)nc1-c1ccccc1)c1ccc(COc2cccc3ccccc23)o1. The molecule has 186 valence electrons. The number of ether oxygens (including phenoxy) is 1. The van der Waals surface area contributed by atoms with Gasteiger partial charge in [0.1, 0.15) is 18.1 Å². The molecule has 0 aliphatic heterocycles. The molecule has 0 fully saturated rings. The monoisotopic (exact) mass is 499 g/mol. The normalized spacial score (nSPS) is 10.9. The quantitative estimate of drug-likeness (QED) is 0.250. The van der Waals surface area contributed by atoms with E-state index in [-0.39, 0.29) is 18.3 Å². The number of furan rings is 1. The smallest absolute Gasteiger partial charge is 0.287 e. The molecule has 1 amide bonds. The van der Waals surface area contributed by atoms with Gasteiger partial charge in [-0.3, -0.25) is 4.79 Å². The average Bonchev–Trinajstić information content (AvgIpc) is 3.64. The van der Waals surface area contributed by atoms with E-state index >= 15 is 0 Å². The van der Waals surface area contributed by atoms with Gasteiger partial charge in [0.2, 0.25) is 0 Å². The molecule has 38 heavy (non-hydrogen) atoms. The molecule has 6 rings (SSSR count). The summed E-state index contributed by atoms with van der Waals surface area (Å²) in [6, 6.07) is 37.3. The molecule has 0 bridgehead atoms. The number of carbonyl (C=O) groups excluding carboxylic acids is 1. The number of nitrogens with zero attached hydrogens (tertiary/aromatic N) is 2. The number of benzene rings is 4. The first-order chi connectivity index (χ1) is 18.7. The summed E-state index contributed by atoms with van der Waals surface area (Å²) in [4.78, 5) is 12.9. The van der Waals surface area contributed by atoms with Gasteiger partial charge >= 0.3 is 0 Å². The third-order valence-corrected chi connectivity index (χ3v) is 6.30. The van der Waals surface area contributed by atoms with Crippen molar-refractivity contribution in [1.29, 1.82) is 0 Å². The van der Waals surface area contributed by atoms with E-state index in [9.17, 15) is 4.79 Å². The van der Waals surface area contributed by atoms with Gasteiger partial charge in [-0.1, -0.05) is 84.9 Å². The number of nitrogens with one attached hydrogen (secondary N) is 1. The van der Waals surface area contributed by atoms with Crippen molar-refractivity contribution in [1.82, 2.24) is 15.1 Å². The summed E-state index contributed by atoms with van der Waals surface area (Å²) in [6.07, 6.45) is 1.95. The second-order valence-corrected chi connectivity index (χ2v) is 8.86. The first kappa shape index (κ1) is 23.3. The Labute approximate surface area is 220 Å². The summed E-state index contributed by atoms with van der Waals surface area (Å²) in [6.45, 7) is 0.529. The Balaban J connectivity index is 1.15. The second-order valence-electron chi connectivity index (χ2n) is 8.86. The molecule has 0 aliphatic carbocycles. The molecule has 0 aliphatic rings. The van der Waals surface area contributed by atoms with Gasteiger partial charge in [0.15, 0.2) is 5.76 Å². The zero-order chi connectivity index (χ0) is 25.7. The van der Waals surface area contributed by atoms with E-state index in [1.54, 1.807) is 12.1 Å². The third kappa shape index (κ3) is 4.92. The van der Waals surface area contributed by atoms with Crippen LogP contribution in [0.5, 0.6) is 5.75 Å². The second kappa shape index (κ2) is 10.5. The van der Waals surface area contributed by atoms with Crippen molar-refractivity contribution >= 4 is 16.7 Å². The van der Waals surface area contributed by atoms with Crippen LogP contribution in [0.1, 0.15) is 21.9 Å². The maximum atomic E-state index is 12.9. The predicted molar refractivity (Wildman–Crippen MR) is 147 cm³/mol. The van der Waals surface area contributed by atoms with Crippen LogP contribution in [0.2, 0.25) is 0 Å². The van der Waals surface area contributed by atoms with Crippen molar-refractivity contribution < 1.29 is 13.9 Å². The Hall–Kier alpha value is -5.10. The molecule has 6 nitrogen and oxygen atoms in total. The molecule has 0 radical (unpaired) electrons. The number of rotatable bonds is 8. The van der Waals surface area contributed by atoms with Gasteiger partial charge in [0.05, 0.1) is 11.4 Å². The number of hydrogen-bond acceptors (Lipinski definition) is 4. The highest BCUT2D eigenvalue weighted by Crippen LogP contribution is 2.27.